The van der Waals surface area contributed by atoms with Crippen molar-refractivity contribution in [1.82, 2.24) is 9.36 Å². The predicted octanol–water partition coefficient (Wildman–Crippen LogP) is 3.34. The van der Waals surface area contributed by atoms with E-state index in [2.05, 4.69) is 9.36 Å². The van der Waals surface area contributed by atoms with E-state index in [9.17, 15) is 21.6 Å². The molecule has 13 heteroatoms. The summed E-state index contributed by atoms with van der Waals surface area (Å²) in [6, 6.07) is 5.40. The molecule has 0 atom stereocenters. The normalized spacial score (nSPS) is 11.2. The molecule has 0 aliphatic heterocycles. The first-order valence-corrected chi connectivity index (χ1v) is 10.4. The maximum absolute atomic E-state index is 14.0. The highest BCUT2D eigenvalue weighted by atomic mass is 32.2. The van der Waals surface area contributed by atoms with Crippen LogP contribution in [0.3, 0.4) is 0 Å². The van der Waals surface area contributed by atoms with E-state index in [1.807, 2.05) is 4.72 Å². The molecule has 0 unspecified atom stereocenters. The number of aromatic nitrogens is 2. The number of nitrogens with zero attached hydrogens (tertiary/aromatic N) is 3. The number of halogens is 3. The summed E-state index contributed by atoms with van der Waals surface area (Å²) >= 11 is 0.771. The lowest BCUT2D eigenvalue weighted by Gasteiger charge is -2.23. The van der Waals surface area contributed by atoms with Gasteiger partial charge in [-0.2, -0.15) is 12.8 Å². The number of methoxy groups -OCH3 is 2. The van der Waals surface area contributed by atoms with Crippen LogP contribution in [0, 0.1) is 17.5 Å². The van der Waals surface area contributed by atoms with Crippen molar-refractivity contribution in [3.63, 3.8) is 0 Å². The molecule has 0 saturated heterocycles. The molecule has 30 heavy (non-hydrogen) atoms. The van der Waals surface area contributed by atoms with Crippen molar-refractivity contribution >= 4 is 32.6 Å². The molecule has 3 rings (SSSR count). The number of benzene rings is 2. The second-order valence-electron chi connectivity index (χ2n) is 5.76. The lowest BCUT2D eigenvalue weighted by atomic mass is 10.2. The van der Waals surface area contributed by atoms with Crippen LogP contribution in [0.25, 0.3) is 0 Å². The Morgan fingerprint density at radius 2 is 1.80 bits per heavy atom. The van der Waals surface area contributed by atoms with Gasteiger partial charge in [0.15, 0.2) is 11.6 Å². The Balaban J connectivity index is 2.00. The van der Waals surface area contributed by atoms with E-state index in [4.69, 9.17) is 9.47 Å². The van der Waals surface area contributed by atoms with E-state index in [1.54, 1.807) is 18.2 Å². The third kappa shape index (κ3) is 4.57. The maximum Gasteiger partial charge on any atom is 0.326 e. The van der Waals surface area contributed by atoms with Crippen LogP contribution in [0.2, 0.25) is 0 Å². The highest BCUT2D eigenvalue weighted by Gasteiger charge is 2.28. The van der Waals surface area contributed by atoms with E-state index in [0.29, 0.717) is 23.1 Å². The standard InChI is InChI=1S/C17H15F3N4O4S2/c1-27-11-4-3-10(16(5-11)28-2)8-24(17-21-9-22-29-17)30(25,26)23-15-7-13(19)12(18)6-14(15)20/h3-7,9,23H,8H2,1-2H3. The Bertz CT molecular complexity index is 1140. The number of hydrogen-bond donors (Lipinski definition) is 1. The molecule has 1 N–H and O–H groups in total. The first kappa shape index (κ1) is 21.6. The first-order valence-electron chi connectivity index (χ1n) is 8.17. The molecule has 1 heterocycles. The number of anilines is 2. The molecule has 8 nitrogen and oxygen atoms in total. The molecule has 0 amide bonds. The summed E-state index contributed by atoms with van der Waals surface area (Å²) in [6.45, 7) is -0.275. The van der Waals surface area contributed by atoms with Gasteiger partial charge in [0, 0.05) is 35.3 Å². The van der Waals surface area contributed by atoms with Gasteiger partial charge in [-0.05, 0) is 12.1 Å². The zero-order valence-electron chi connectivity index (χ0n) is 15.6. The van der Waals surface area contributed by atoms with Gasteiger partial charge in [-0.15, -0.1) is 0 Å². The van der Waals surface area contributed by atoms with Crippen LogP contribution in [0.4, 0.5) is 24.0 Å². The van der Waals surface area contributed by atoms with Crippen molar-refractivity contribution in [3.05, 3.63) is 59.7 Å². The fourth-order valence-corrected chi connectivity index (χ4v) is 4.40. The minimum Gasteiger partial charge on any atom is -0.497 e. The number of rotatable bonds is 8. The molecule has 0 saturated carbocycles. The van der Waals surface area contributed by atoms with E-state index in [1.165, 1.54) is 14.2 Å². The van der Waals surface area contributed by atoms with E-state index in [-0.39, 0.29) is 17.7 Å². The van der Waals surface area contributed by atoms with Crippen LogP contribution in [0.15, 0.2) is 36.7 Å². The molecular weight excluding hydrogens is 445 g/mol. The second-order valence-corrected chi connectivity index (χ2v) is 8.12. The molecule has 0 aliphatic carbocycles. The van der Waals surface area contributed by atoms with Crippen LogP contribution >= 0.6 is 11.5 Å². The highest BCUT2D eigenvalue weighted by molar-refractivity contribution is 7.94. The van der Waals surface area contributed by atoms with Crippen molar-refractivity contribution in [1.29, 1.82) is 0 Å². The Hall–Kier alpha value is -3.06. The largest absolute Gasteiger partial charge is 0.497 e. The average Bonchev–Trinajstić information content (AvgIpc) is 3.24. The second kappa shape index (κ2) is 8.75. The summed E-state index contributed by atoms with van der Waals surface area (Å²) in [4.78, 5) is 3.88. The van der Waals surface area contributed by atoms with Gasteiger partial charge in [0.2, 0.25) is 5.13 Å². The van der Waals surface area contributed by atoms with Gasteiger partial charge in [-0.25, -0.2) is 22.5 Å². The number of nitrogens with one attached hydrogen (secondary N) is 1. The minimum absolute atomic E-state index is 0.0386. The fourth-order valence-electron chi connectivity index (χ4n) is 2.46. The molecule has 0 spiro atoms. The summed E-state index contributed by atoms with van der Waals surface area (Å²) in [5.74, 6) is -3.31. The van der Waals surface area contributed by atoms with Crippen LogP contribution in [-0.4, -0.2) is 32.0 Å². The van der Waals surface area contributed by atoms with Crippen molar-refractivity contribution in [2.24, 2.45) is 0 Å². The Kier molecular flexibility index (Phi) is 6.31. The van der Waals surface area contributed by atoms with Gasteiger partial charge >= 0.3 is 10.2 Å². The Morgan fingerprint density at radius 1 is 1.07 bits per heavy atom. The molecule has 0 radical (unpaired) electrons. The van der Waals surface area contributed by atoms with Crippen molar-refractivity contribution < 1.29 is 31.1 Å². The van der Waals surface area contributed by atoms with E-state index in [0.717, 1.165) is 22.2 Å². The molecular formula is C17H15F3N4O4S2. The van der Waals surface area contributed by atoms with Gasteiger partial charge in [-0.3, -0.25) is 4.72 Å². The van der Waals surface area contributed by atoms with E-state index >= 15 is 0 Å². The van der Waals surface area contributed by atoms with Gasteiger partial charge < -0.3 is 9.47 Å². The fraction of sp³-hybridized carbons (Fsp3) is 0.176. The molecule has 3 aromatic rings. The van der Waals surface area contributed by atoms with Crippen LogP contribution in [0.5, 0.6) is 11.5 Å². The lowest BCUT2D eigenvalue weighted by molar-refractivity contribution is 0.391. The van der Waals surface area contributed by atoms with E-state index < -0.39 is 33.3 Å². The number of hydrogen-bond acceptors (Lipinski definition) is 7. The topological polar surface area (TPSA) is 93.7 Å². The third-order valence-corrected chi connectivity index (χ3v) is 6.07. The summed E-state index contributed by atoms with van der Waals surface area (Å²) in [7, 11) is -1.65. The van der Waals surface area contributed by atoms with Crippen LogP contribution in [-0.2, 0) is 16.8 Å². The monoisotopic (exact) mass is 460 g/mol. The predicted molar refractivity (Wildman–Crippen MR) is 104 cm³/mol. The van der Waals surface area contributed by atoms with Gasteiger partial charge in [-0.1, -0.05) is 0 Å². The van der Waals surface area contributed by atoms with Crippen LogP contribution < -0.4 is 18.5 Å². The Labute approximate surface area is 174 Å². The molecule has 0 bridgehead atoms. The quantitative estimate of drug-likeness (QED) is 0.519. The molecule has 2 aromatic carbocycles. The summed E-state index contributed by atoms with van der Waals surface area (Å²) < 4.78 is 83.5. The molecule has 1 aromatic heterocycles. The minimum atomic E-state index is -4.51. The third-order valence-electron chi connectivity index (χ3n) is 3.91. The van der Waals surface area contributed by atoms with Gasteiger partial charge in [0.05, 0.1) is 26.5 Å². The molecule has 0 fully saturated rings. The van der Waals surface area contributed by atoms with Crippen molar-refractivity contribution in [3.8, 4) is 11.5 Å². The summed E-state index contributed by atoms with van der Waals surface area (Å²) in [5, 5.41) is -0.0386. The first-order chi connectivity index (χ1) is 14.2. The summed E-state index contributed by atoms with van der Waals surface area (Å²) in [6.07, 6.45) is 1.14. The van der Waals surface area contributed by atoms with Crippen molar-refractivity contribution in [2.45, 2.75) is 6.54 Å². The maximum atomic E-state index is 14.0. The smallest absolute Gasteiger partial charge is 0.326 e. The average molecular weight is 460 g/mol. The SMILES string of the molecule is COc1ccc(CN(c2ncns2)S(=O)(=O)Nc2cc(F)c(F)cc2F)c(OC)c1. The zero-order chi connectivity index (χ0) is 21.9. The summed E-state index contributed by atoms with van der Waals surface area (Å²) in [5.41, 5.74) is -0.324. The Morgan fingerprint density at radius 3 is 2.43 bits per heavy atom. The van der Waals surface area contributed by atoms with Gasteiger partial charge in [0.1, 0.15) is 23.6 Å². The van der Waals surface area contributed by atoms with Crippen LogP contribution in [0.1, 0.15) is 5.56 Å². The highest BCUT2D eigenvalue weighted by Crippen LogP contribution is 2.30. The van der Waals surface area contributed by atoms with Crippen molar-refractivity contribution in [2.75, 3.05) is 23.2 Å². The zero-order valence-corrected chi connectivity index (χ0v) is 17.2. The molecule has 160 valence electrons. The van der Waals surface area contributed by atoms with Gasteiger partial charge in [0.25, 0.3) is 0 Å². The number of ether oxygens (including phenoxy) is 2. The molecule has 0 aliphatic rings. The lowest BCUT2D eigenvalue weighted by Crippen LogP contribution is -2.36.